The average molecular weight is 278 g/mol. The summed E-state index contributed by atoms with van der Waals surface area (Å²) in [7, 11) is 0. The molecule has 19 heavy (non-hydrogen) atoms. The monoisotopic (exact) mass is 278 g/mol. The van der Waals surface area contributed by atoms with E-state index >= 15 is 0 Å². The van der Waals surface area contributed by atoms with Crippen LogP contribution in [0.5, 0.6) is 0 Å². The minimum Gasteiger partial charge on any atom is -0.370 e. The molecular formula is C13H18N4OS. The van der Waals surface area contributed by atoms with Gasteiger partial charge in [-0.15, -0.1) is 11.3 Å². The second-order valence-electron chi connectivity index (χ2n) is 4.35. The van der Waals surface area contributed by atoms with Crippen molar-refractivity contribution in [2.45, 2.75) is 25.8 Å². The number of hydrogen-bond acceptors (Lipinski definition) is 4. The van der Waals surface area contributed by atoms with Crippen LogP contribution in [0.25, 0.3) is 10.6 Å². The Labute approximate surface area is 116 Å². The summed E-state index contributed by atoms with van der Waals surface area (Å²) in [6.45, 7) is 1.66. The van der Waals surface area contributed by atoms with Gasteiger partial charge in [0.25, 0.3) is 0 Å². The zero-order chi connectivity index (χ0) is 13.5. The van der Waals surface area contributed by atoms with Crippen molar-refractivity contribution >= 4 is 17.2 Å². The SMILES string of the molecule is NC(=O)CCCCNCc1cn[nH]c1-c1cccs1. The van der Waals surface area contributed by atoms with Crippen molar-refractivity contribution in [1.82, 2.24) is 15.5 Å². The molecule has 0 aliphatic carbocycles. The fourth-order valence-electron chi connectivity index (χ4n) is 1.85. The summed E-state index contributed by atoms with van der Waals surface area (Å²) in [6.07, 6.45) is 4.11. The van der Waals surface area contributed by atoms with Gasteiger partial charge in [-0.3, -0.25) is 9.89 Å². The largest absolute Gasteiger partial charge is 0.370 e. The lowest BCUT2D eigenvalue weighted by atomic mass is 10.2. The van der Waals surface area contributed by atoms with Crippen molar-refractivity contribution in [2.75, 3.05) is 6.54 Å². The first kappa shape index (κ1) is 13.8. The molecule has 4 N–H and O–H groups in total. The molecule has 2 aromatic heterocycles. The fraction of sp³-hybridized carbons (Fsp3) is 0.385. The average Bonchev–Trinajstić information content (AvgIpc) is 3.03. The minimum atomic E-state index is -0.227. The molecule has 0 fully saturated rings. The maximum atomic E-state index is 10.6. The number of hydrogen-bond donors (Lipinski definition) is 3. The third-order valence-electron chi connectivity index (χ3n) is 2.83. The van der Waals surface area contributed by atoms with Gasteiger partial charge in [0.2, 0.25) is 5.91 Å². The zero-order valence-corrected chi connectivity index (χ0v) is 11.5. The standard InChI is InChI=1S/C13H18N4OS/c14-12(18)5-1-2-6-15-8-10-9-16-17-13(10)11-4-3-7-19-11/h3-4,7,9,15H,1-2,5-6,8H2,(H2,14,18)(H,16,17). The number of nitrogens with one attached hydrogen (secondary N) is 2. The first-order valence-electron chi connectivity index (χ1n) is 6.32. The fourth-order valence-corrected chi connectivity index (χ4v) is 2.61. The van der Waals surface area contributed by atoms with E-state index in [1.807, 2.05) is 12.3 Å². The van der Waals surface area contributed by atoms with E-state index in [0.29, 0.717) is 6.42 Å². The van der Waals surface area contributed by atoms with E-state index in [2.05, 4.69) is 27.0 Å². The summed E-state index contributed by atoms with van der Waals surface area (Å²) in [5.41, 5.74) is 7.34. The van der Waals surface area contributed by atoms with Crippen molar-refractivity contribution in [2.24, 2.45) is 5.73 Å². The Balaban J connectivity index is 1.75. The van der Waals surface area contributed by atoms with E-state index in [1.54, 1.807) is 11.3 Å². The molecule has 0 saturated carbocycles. The Kier molecular flexibility index (Phi) is 5.11. The maximum absolute atomic E-state index is 10.6. The summed E-state index contributed by atoms with van der Waals surface area (Å²) in [6, 6.07) is 4.11. The number of unbranched alkanes of at least 4 members (excludes halogenated alkanes) is 1. The lowest BCUT2D eigenvalue weighted by Gasteiger charge is -2.04. The number of carbonyl (C=O) groups excluding carboxylic acids is 1. The molecule has 102 valence electrons. The van der Waals surface area contributed by atoms with Crippen LogP contribution in [0, 0.1) is 0 Å². The molecule has 0 atom stereocenters. The smallest absolute Gasteiger partial charge is 0.217 e. The van der Waals surface area contributed by atoms with Gasteiger partial charge in [-0.1, -0.05) is 6.07 Å². The number of primary amides is 1. The summed E-state index contributed by atoms with van der Waals surface area (Å²) >= 11 is 1.69. The van der Waals surface area contributed by atoms with Crippen LogP contribution in [-0.4, -0.2) is 22.6 Å². The van der Waals surface area contributed by atoms with E-state index in [-0.39, 0.29) is 5.91 Å². The number of rotatable bonds is 8. The Morgan fingerprint density at radius 1 is 1.47 bits per heavy atom. The van der Waals surface area contributed by atoms with Crippen LogP contribution < -0.4 is 11.1 Å². The third kappa shape index (κ3) is 4.18. The molecule has 5 nitrogen and oxygen atoms in total. The van der Waals surface area contributed by atoms with Gasteiger partial charge in [0.05, 0.1) is 16.8 Å². The number of H-pyrrole nitrogens is 1. The van der Waals surface area contributed by atoms with Crippen molar-refractivity contribution < 1.29 is 4.79 Å². The van der Waals surface area contributed by atoms with Gasteiger partial charge in [0.15, 0.2) is 0 Å². The quantitative estimate of drug-likeness (QED) is 0.645. The number of amides is 1. The molecule has 0 unspecified atom stereocenters. The van der Waals surface area contributed by atoms with E-state index in [9.17, 15) is 4.79 Å². The highest BCUT2D eigenvalue weighted by Crippen LogP contribution is 2.25. The van der Waals surface area contributed by atoms with Crippen LogP contribution in [0.1, 0.15) is 24.8 Å². The first-order valence-corrected chi connectivity index (χ1v) is 7.20. The molecule has 0 aromatic carbocycles. The Bertz CT molecular complexity index is 506. The molecule has 2 rings (SSSR count). The van der Waals surface area contributed by atoms with Crippen LogP contribution >= 0.6 is 11.3 Å². The number of aromatic amines is 1. The van der Waals surface area contributed by atoms with Gasteiger partial charge in [-0.2, -0.15) is 5.10 Å². The molecule has 2 aromatic rings. The summed E-state index contributed by atoms with van der Waals surface area (Å²) < 4.78 is 0. The molecule has 0 spiro atoms. The number of nitrogens with zero attached hydrogens (tertiary/aromatic N) is 1. The van der Waals surface area contributed by atoms with Gasteiger partial charge in [0.1, 0.15) is 0 Å². The maximum Gasteiger partial charge on any atom is 0.217 e. The number of aromatic nitrogens is 2. The van der Waals surface area contributed by atoms with E-state index in [1.165, 1.54) is 4.88 Å². The van der Waals surface area contributed by atoms with Gasteiger partial charge in [-0.05, 0) is 30.8 Å². The number of thiophene rings is 1. The Morgan fingerprint density at radius 2 is 2.37 bits per heavy atom. The minimum absolute atomic E-state index is 0.227. The third-order valence-corrected chi connectivity index (χ3v) is 3.71. The van der Waals surface area contributed by atoms with Crippen molar-refractivity contribution in [3.8, 4) is 10.6 Å². The second kappa shape index (κ2) is 7.06. The van der Waals surface area contributed by atoms with Crippen LogP contribution in [-0.2, 0) is 11.3 Å². The number of nitrogens with two attached hydrogens (primary N) is 1. The molecule has 1 amide bonds. The molecule has 0 aliphatic rings. The molecular weight excluding hydrogens is 260 g/mol. The Hall–Kier alpha value is -1.66. The predicted octanol–water partition coefficient (Wildman–Crippen LogP) is 1.88. The van der Waals surface area contributed by atoms with E-state index in [4.69, 9.17) is 5.73 Å². The summed E-state index contributed by atoms with van der Waals surface area (Å²) in [5.74, 6) is -0.227. The highest BCUT2D eigenvalue weighted by molar-refractivity contribution is 7.13. The van der Waals surface area contributed by atoms with Crippen molar-refractivity contribution in [3.63, 3.8) is 0 Å². The van der Waals surface area contributed by atoms with E-state index < -0.39 is 0 Å². The molecule has 0 aliphatic heterocycles. The number of carbonyl (C=O) groups is 1. The molecule has 6 heteroatoms. The topological polar surface area (TPSA) is 83.8 Å². The molecule has 2 heterocycles. The van der Waals surface area contributed by atoms with Gasteiger partial charge in [-0.25, -0.2) is 0 Å². The van der Waals surface area contributed by atoms with Gasteiger partial charge < -0.3 is 11.1 Å². The lowest BCUT2D eigenvalue weighted by molar-refractivity contribution is -0.118. The summed E-state index contributed by atoms with van der Waals surface area (Å²) in [5, 5.41) is 12.5. The molecule has 0 bridgehead atoms. The predicted molar refractivity (Wildman–Crippen MR) is 76.7 cm³/mol. The van der Waals surface area contributed by atoms with Crippen LogP contribution in [0.3, 0.4) is 0 Å². The van der Waals surface area contributed by atoms with Crippen LogP contribution in [0.2, 0.25) is 0 Å². The first-order chi connectivity index (χ1) is 9.27. The van der Waals surface area contributed by atoms with Crippen LogP contribution in [0.4, 0.5) is 0 Å². The summed E-state index contributed by atoms with van der Waals surface area (Å²) in [4.78, 5) is 11.8. The van der Waals surface area contributed by atoms with E-state index in [0.717, 1.165) is 37.2 Å². The van der Waals surface area contributed by atoms with Crippen molar-refractivity contribution in [3.05, 3.63) is 29.3 Å². The van der Waals surface area contributed by atoms with Gasteiger partial charge >= 0.3 is 0 Å². The lowest BCUT2D eigenvalue weighted by Crippen LogP contribution is -2.16. The Morgan fingerprint density at radius 3 is 3.11 bits per heavy atom. The molecule has 0 radical (unpaired) electrons. The van der Waals surface area contributed by atoms with Gasteiger partial charge in [0, 0.05) is 18.5 Å². The molecule has 0 saturated heterocycles. The highest BCUT2D eigenvalue weighted by Gasteiger charge is 2.07. The highest BCUT2D eigenvalue weighted by atomic mass is 32.1. The van der Waals surface area contributed by atoms with Crippen molar-refractivity contribution in [1.29, 1.82) is 0 Å². The zero-order valence-electron chi connectivity index (χ0n) is 10.7. The normalized spacial score (nSPS) is 10.7. The van der Waals surface area contributed by atoms with Crippen LogP contribution in [0.15, 0.2) is 23.7 Å². The second-order valence-corrected chi connectivity index (χ2v) is 5.30.